The number of rotatable bonds is 1. The molecule has 0 aromatic carbocycles. The maximum absolute atomic E-state index is 10.1. The normalized spacial score (nSPS) is 35.5. The molecule has 0 aromatic heterocycles. The van der Waals surface area contributed by atoms with E-state index in [-0.39, 0.29) is 18.4 Å². The van der Waals surface area contributed by atoms with E-state index in [0.717, 1.165) is 12.8 Å². The van der Waals surface area contributed by atoms with Gasteiger partial charge in [-0.25, -0.2) is 5.11 Å². The number of nitriles is 1. The van der Waals surface area contributed by atoms with Crippen molar-refractivity contribution in [1.29, 1.82) is 5.26 Å². The second kappa shape index (κ2) is 2.15. The van der Waals surface area contributed by atoms with Crippen LogP contribution in [0.3, 0.4) is 0 Å². The molecule has 0 spiro atoms. The van der Waals surface area contributed by atoms with E-state index in [1.807, 2.05) is 0 Å². The van der Waals surface area contributed by atoms with Crippen LogP contribution in [0.1, 0.15) is 12.8 Å². The fraction of sp³-hybridized carbons (Fsp3) is 0.833. The summed E-state index contributed by atoms with van der Waals surface area (Å²) in [4.78, 5) is 0. The van der Waals surface area contributed by atoms with Gasteiger partial charge in [0, 0.05) is 5.92 Å². The standard InChI is InChI=1S/C6H8NO/c7-3-5-1-2-6(5)4-8/h5-6H,1-2,4H2. The van der Waals surface area contributed by atoms with E-state index in [1.165, 1.54) is 0 Å². The molecule has 0 bridgehead atoms. The van der Waals surface area contributed by atoms with Crippen molar-refractivity contribution in [1.82, 2.24) is 0 Å². The molecule has 8 heavy (non-hydrogen) atoms. The molecular formula is C6H8NO. The Hall–Kier alpha value is -0.550. The molecular weight excluding hydrogens is 102 g/mol. The quantitative estimate of drug-likeness (QED) is 0.496. The Kier molecular flexibility index (Phi) is 1.50. The van der Waals surface area contributed by atoms with E-state index in [2.05, 4.69) is 6.07 Å². The first kappa shape index (κ1) is 5.58. The molecule has 43 valence electrons. The highest BCUT2D eigenvalue weighted by Crippen LogP contribution is 2.32. The summed E-state index contributed by atoms with van der Waals surface area (Å²) in [7, 11) is 0. The van der Waals surface area contributed by atoms with Gasteiger partial charge in [-0.15, -0.1) is 0 Å². The predicted octanol–water partition coefficient (Wildman–Crippen LogP) is 0.967. The Morgan fingerprint density at radius 3 is 2.50 bits per heavy atom. The largest absolute Gasteiger partial charge is 0.236 e. The van der Waals surface area contributed by atoms with E-state index >= 15 is 0 Å². The van der Waals surface area contributed by atoms with Crippen LogP contribution >= 0.6 is 0 Å². The SMILES string of the molecule is N#CC1CCC1C[O]. The molecule has 2 unspecified atom stereocenters. The molecule has 2 atom stereocenters. The van der Waals surface area contributed by atoms with Gasteiger partial charge < -0.3 is 0 Å². The lowest BCUT2D eigenvalue weighted by atomic mass is 9.75. The molecule has 1 rings (SSSR count). The summed E-state index contributed by atoms with van der Waals surface area (Å²) in [6, 6.07) is 2.10. The third kappa shape index (κ3) is 0.696. The van der Waals surface area contributed by atoms with Crippen molar-refractivity contribution in [2.75, 3.05) is 6.61 Å². The highest BCUT2D eigenvalue weighted by molar-refractivity contribution is 4.94. The third-order valence-corrected chi connectivity index (χ3v) is 1.80. The van der Waals surface area contributed by atoms with Crippen LogP contribution in [0.5, 0.6) is 0 Å². The van der Waals surface area contributed by atoms with Gasteiger partial charge in [0.05, 0.1) is 18.6 Å². The topological polar surface area (TPSA) is 43.7 Å². The van der Waals surface area contributed by atoms with Gasteiger partial charge in [0.2, 0.25) is 0 Å². The molecule has 0 saturated heterocycles. The van der Waals surface area contributed by atoms with Gasteiger partial charge in [0.15, 0.2) is 0 Å². The smallest absolute Gasteiger partial charge is 0.0863 e. The Morgan fingerprint density at radius 1 is 1.62 bits per heavy atom. The minimum atomic E-state index is -0.0573. The van der Waals surface area contributed by atoms with Crippen LogP contribution in [0.25, 0.3) is 0 Å². The second-order valence-corrected chi connectivity index (χ2v) is 2.24. The fourth-order valence-electron chi connectivity index (χ4n) is 0.938. The highest BCUT2D eigenvalue weighted by Gasteiger charge is 2.29. The molecule has 1 radical (unpaired) electrons. The predicted molar refractivity (Wildman–Crippen MR) is 27.4 cm³/mol. The summed E-state index contributed by atoms with van der Waals surface area (Å²) in [5, 5.41) is 18.4. The zero-order chi connectivity index (χ0) is 5.98. The zero-order valence-electron chi connectivity index (χ0n) is 4.63. The molecule has 1 fully saturated rings. The summed E-state index contributed by atoms with van der Waals surface area (Å²) in [5.41, 5.74) is 0. The van der Waals surface area contributed by atoms with Gasteiger partial charge in [0.25, 0.3) is 0 Å². The van der Waals surface area contributed by atoms with Crippen LogP contribution in [0, 0.1) is 23.2 Å². The lowest BCUT2D eigenvalue weighted by molar-refractivity contribution is 0.0737. The van der Waals surface area contributed by atoms with Crippen molar-refractivity contribution in [3.8, 4) is 6.07 Å². The summed E-state index contributed by atoms with van der Waals surface area (Å²) in [5.74, 6) is 0.271. The molecule has 2 nitrogen and oxygen atoms in total. The Labute approximate surface area is 48.7 Å². The van der Waals surface area contributed by atoms with Gasteiger partial charge in [0.1, 0.15) is 0 Å². The Bertz CT molecular complexity index is 114. The minimum absolute atomic E-state index is 0.0573. The van der Waals surface area contributed by atoms with Crippen molar-refractivity contribution in [3.63, 3.8) is 0 Å². The molecule has 0 aromatic rings. The van der Waals surface area contributed by atoms with Crippen LogP contribution in [-0.2, 0) is 5.11 Å². The van der Waals surface area contributed by atoms with Crippen molar-refractivity contribution < 1.29 is 5.11 Å². The Balaban J connectivity index is 2.29. The summed E-state index contributed by atoms with van der Waals surface area (Å²) in [6.07, 6.45) is 1.92. The first-order valence-electron chi connectivity index (χ1n) is 2.86. The Morgan fingerprint density at radius 2 is 2.38 bits per heavy atom. The third-order valence-electron chi connectivity index (χ3n) is 1.80. The molecule has 1 aliphatic rings. The van der Waals surface area contributed by atoms with Crippen molar-refractivity contribution >= 4 is 0 Å². The first-order valence-corrected chi connectivity index (χ1v) is 2.86. The second-order valence-electron chi connectivity index (χ2n) is 2.24. The van der Waals surface area contributed by atoms with Gasteiger partial charge in [-0.2, -0.15) is 5.26 Å². The number of nitrogens with zero attached hydrogens (tertiary/aromatic N) is 1. The summed E-state index contributed by atoms with van der Waals surface area (Å²) < 4.78 is 0. The van der Waals surface area contributed by atoms with E-state index in [0.29, 0.717) is 0 Å². The molecule has 1 saturated carbocycles. The average molecular weight is 110 g/mol. The maximum atomic E-state index is 10.1. The monoisotopic (exact) mass is 110 g/mol. The molecule has 0 heterocycles. The van der Waals surface area contributed by atoms with E-state index < -0.39 is 0 Å². The van der Waals surface area contributed by atoms with Gasteiger partial charge >= 0.3 is 0 Å². The van der Waals surface area contributed by atoms with Crippen LogP contribution in [-0.4, -0.2) is 6.61 Å². The summed E-state index contributed by atoms with van der Waals surface area (Å²) >= 11 is 0. The molecule has 1 aliphatic carbocycles. The van der Waals surface area contributed by atoms with E-state index in [4.69, 9.17) is 5.26 Å². The first-order chi connectivity index (χ1) is 3.88. The lowest BCUT2D eigenvalue weighted by Gasteiger charge is -2.28. The maximum Gasteiger partial charge on any atom is 0.0863 e. The zero-order valence-corrected chi connectivity index (χ0v) is 4.63. The van der Waals surface area contributed by atoms with Crippen molar-refractivity contribution in [3.05, 3.63) is 0 Å². The summed E-state index contributed by atoms with van der Waals surface area (Å²) in [6.45, 7) is -0.0573. The van der Waals surface area contributed by atoms with E-state index in [9.17, 15) is 5.11 Å². The van der Waals surface area contributed by atoms with Gasteiger partial charge in [-0.1, -0.05) is 0 Å². The minimum Gasteiger partial charge on any atom is -0.236 e. The van der Waals surface area contributed by atoms with Crippen molar-refractivity contribution in [2.24, 2.45) is 11.8 Å². The molecule has 0 amide bonds. The molecule has 0 aliphatic heterocycles. The van der Waals surface area contributed by atoms with Crippen LogP contribution in [0.2, 0.25) is 0 Å². The van der Waals surface area contributed by atoms with Gasteiger partial charge in [-0.05, 0) is 12.8 Å². The highest BCUT2D eigenvalue weighted by atomic mass is 16.3. The fourth-order valence-corrected chi connectivity index (χ4v) is 0.938. The van der Waals surface area contributed by atoms with Crippen LogP contribution in [0.4, 0.5) is 0 Å². The average Bonchev–Trinajstić information content (AvgIpc) is 1.66. The van der Waals surface area contributed by atoms with Crippen LogP contribution in [0.15, 0.2) is 0 Å². The molecule has 0 N–H and O–H groups in total. The number of hydrogen-bond donors (Lipinski definition) is 0. The van der Waals surface area contributed by atoms with Crippen LogP contribution < -0.4 is 0 Å². The van der Waals surface area contributed by atoms with Crippen molar-refractivity contribution in [2.45, 2.75) is 12.8 Å². The molecule has 2 heteroatoms. The lowest BCUT2D eigenvalue weighted by Crippen LogP contribution is -2.26. The number of hydrogen-bond acceptors (Lipinski definition) is 1. The van der Waals surface area contributed by atoms with E-state index in [1.54, 1.807) is 0 Å². The van der Waals surface area contributed by atoms with Gasteiger partial charge in [-0.3, -0.25) is 0 Å².